The van der Waals surface area contributed by atoms with Crippen LogP contribution in [0.5, 0.6) is 5.75 Å². The van der Waals surface area contributed by atoms with Gasteiger partial charge in [-0.05, 0) is 30.7 Å². The van der Waals surface area contributed by atoms with Crippen LogP contribution < -0.4 is 15.8 Å². The van der Waals surface area contributed by atoms with Crippen molar-refractivity contribution >= 4 is 23.4 Å². The van der Waals surface area contributed by atoms with Gasteiger partial charge in [0.05, 0.1) is 22.3 Å². The molecule has 4 N–H and O–H groups in total. The van der Waals surface area contributed by atoms with Crippen LogP contribution in [0.15, 0.2) is 36.5 Å². The summed E-state index contributed by atoms with van der Waals surface area (Å²) in [6.45, 7) is 1.31. The molecule has 0 saturated heterocycles. The highest BCUT2D eigenvalue weighted by Gasteiger charge is 2.39. The lowest BCUT2D eigenvalue weighted by Crippen LogP contribution is -2.48. The molecule has 30 heavy (non-hydrogen) atoms. The standard InChI is InChI=1S/C19H19ClF3N3O4/c1-2-12(16(27)17(24)28)26-18(29)11-6-7-13(14(15(11)20)19(21,22)23)30-9-10-5-3-4-8-25-10/h3-8,12,16,27H,2,9H2,1H3,(H2,24,28)(H,26,29)/t12-,16-/m0/s1. The number of rotatable bonds is 8. The second-order valence-electron chi connectivity index (χ2n) is 6.24. The number of benzene rings is 1. The SMILES string of the molecule is CC[C@H](NC(=O)c1ccc(OCc2ccccn2)c(C(F)(F)F)c1Cl)[C@H](O)C(N)=O. The van der Waals surface area contributed by atoms with Crippen molar-refractivity contribution in [3.05, 3.63) is 58.4 Å². The second-order valence-corrected chi connectivity index (χ2v) is 6.62. The summed E-state index contributed by atoms with van der Waals surface area (Å²) >= 11 is 5.91. The molecule has 2 aromatic rings. The van der Waals surface area contributed by atoms with Crippen molar-refractivity contribution in [1.82, 2.24) is 10.3 Å². The zero-order valence-corrected chi connectivity index (χ0v) is 16.5. The van der Waals surface area contributed by atoms with Gasteiger partial charge in [-0.1, -0.05) is 24.6 Å². The molecule has 1 heterocycles. The summed E-state index contributed by atoms with van der Waals surface area (Å²) in [5.41, 5.74) is 3.58. The van der Waals surface area contributed by atoms with E-state index in [9.17, 15) is 27.9 Å². The summed E-state index contributed by atoms with van der Waals surface area (Å²) in [7, 11) is 0. The lowest BCUT2D eigenvalue weighted by molar-refractivity contribution is -0.139. The third-order valence-electron chi connectivity index (χ3n) is 4.16. The summed E-state index contributed by atoms with van der Waals surface area (Å²) in [5.74, 6) is -2.66. The molecule has 2 rings (SSSR count). The molecule has 1 aromatic heterocycles. The Bertz CT molecular complexity index is 910. The van der Waals surface area contributed by atoms with E-state index in [1.807, 2.05) is 0 Å². The second kappa shape index (κ2) is 9.77. The van der Waals surface area contributed by atoms with E-state index in [0.29, 0.717) is 5.69 Å². The molecule has 0 bridgehead atoms. The maximum atomic E-state index is 13.6. The largest absolute Gasteiger partial charge is 0.487 e. The van der Waals surface area contributed by atoms with Crippen molar-refractivity contribution < 1.29 is 32.6 Å². The molecule has 0 unspecified atom stereocenters. The zero-order valence-electron chi connectivity index (χ0n) is 15.7. The minimum absolute atomic E-state index is 0.102. The molecular weight excluding hydrogens is 427 g/mol. The fraction of sp³-hybridized carbons (Fsp3) is 0.316. The Balaban J connectivity index is 2.33. The number of hydrogen-bond donors (Lipinski definition) is 3. The number of ether oxygens (including phenoxy) is 1. The maximum Gasteiger partial charge on any atom is 0.421 e. The van der Waals surface area contributed by atoms with Crippen LogP contribution >= 0.6 is 11.6 Å². The van der Waals surface area contributed by atoms with Crippen molar-refractivity contribution in [2.45, 2.75) is 38.3 Å². The Kier molecular flexibility index (Phi) is 7.63. The molecule has 162 valence electrons. The first kappa shape index (κ1) is 23.4. The first-order valence-corrected chi connectivity index (χ1v) is 9.14. The number of nitrogens with one attached hydrogen (secondary N) is 1. The minimum atomic E-state index is -4.91. The number of primary amides is 1. The summed E-state index contributed by atoms with van der Waals surface area (Å²) in [4.78, 5) is 27.5. The Morgan fingerprint density at radius 3 is 2.53 bits per heavy atom. The van der Waals surface area contributed by atoms with Gasteiger partial charge in [-0.25, -0.2) is 0 Å². The maximum absolute atomic E-state index is 13.6. The monoisotopic (exact) mass is 445 g/mol. The minimum Gasteiger partial charge on any atom is -0.487 e. The Labute approximate surface area is 175 Å². The fourth-order valence-corrected chi connectivity index (χ4v) is 2.95. The first-order chi connectivity index (χ1) is 14.1. The molecular formula is C19H19ClF3N3O4. The average Bonchev–Trinajstić information content (AvgIpc) is 2.69. The van der Waals surface area contributed by atoms with Crippen LogP contribution in [0.1, 0.15) is 35.0 Å². The van der Waals surface area contributed by atoms with Gasteiger partial charge in [0.15, 0.2) is 6.10 Å². The van der Waals surface area contributed by atoms with Crippen molar-refractivity contribution in [1.29, 1.82) is 0 Å². The summed E-state index contributed by atoms with van der Waals surface area (Å²) in [6, 6.07) is 5.81. The number of alkyl halides is 3. The molecule has 2 amide bonds. The molecule has 0 saturated carbocycles. The predicted octanol–water partition coefficient (Wildman–Crippen LogP) is 2.69. The number of hydrogen-bond acceptors (Lipinski definition) is 5. The smallest absolute Gasteiger partial charge is 0.421 e. The van der Waals surface area contributed by atoms with Gasteiger partial charge >= 0.3 is 6.18 Å². The first-order valence-electron chi connectivity index (χ1n) is 8.76. The zero-order chi connectivity index (χ0) is 22.5. The lowest BCUT2D eigenvalue weighted by atomic mass is 10.0. The van der Waals surface area contributed by atoms with E-state index in [1.165, 1.54) is 6.20 Å². The van der Waals surface area contributed by atoms with Gasteiger partial charge in [0.1, 0.15) is 17.9 Å². The molecule has 0 aliphatic heterocycles. The molecule has 11 heteroatoms. The van der Waals surface area contributed by atoms with E-state index in [0.717, 1.165) is 12.1 Å². The van der Waals surface area contributed by atoms with Crippen molar-refractivity contribution in [3.8, 4) is 5.75 Å². The third kappa shape index (κ3) is 5.61. The van der Waals surface area contributed by atoms with Crippen LogP contribution in [-0.2, 0) is 17.6 Å². The van der Waals surface area contributed by atoms with Gasteiger partial charge in [0.25, 0.3) is 5.91 Å². The molecule has 0 aliphatic rings. The number of aromatic nitrogens is 1. The number of aliphatic hydroxyl groups is 1. The van der Waals surface area contributed by atoms with Gasteiger partial charge in [-0.3, -0.25) is 14.6 Å². The van der Waals surface area contributed by atoms with Crippen LogP contribution in [0.3, 0.4) is 0 Å². The van der Waals surface area contributed by atoms with Gasteiger partial charge in [0.2, 0.25) is 5.91 Å². The number of carbonyl (C=O) groups excluding carboxylic acids is 2. The van der Waals surface area contributed by atoms with Gasteiger partial charge in [0, 0.05) is 6.20 Å². The summed E-state index contributed by atoms with van der Waals surface area (Å²) < 4.78 is 46.1. The van der Waals surface area contributed by atoms with Gasteiger partial charge in [-0.15, -0.1) is 0 Å². The van der Waals surface area contributed by atoms with Crippen LogP contribution in [0.2, 0.25) is 5.02 Å². The molecule has 1 aromatic carbocycles. The number of carbonyl (C=O) groups is 2. The highest BCUT2D eigenvalue weighted by molar-refractivity contribution is 6.35. The van der Waals surface area contributed by atoms with E-state index in [2.05, 4.69) is 10.3 Å². The Morgan fingerprint density at radius 2 is 2.00 bits per heavy atom. The highest BCUT2D eigenvalue weighted by atomic mass is 35.5. The van der Waals surface area contributed by atoms with Crippen molar-refractivity contribution in [2.24, 2.45) is 5.73 Å². The number of nitrogens with two attached hydrogens (primary N) is 1. The lowest BCUT2D eigenvalue weighted by Gasteiger charge is -2.22. The Hall–Kier alpha value is -2.85. The van der Waals surface area contributed by atoms with Crippen molar-refractivity contribution in [2.75, 3.05) is 0 Å². The van der Waals surface area contributed by atoms with Crippen LogP contribution in [0.4, 0.5) is 13.2 Å². The Morgan fingerprint density at radius 1 is 1.30 bits per heavy atom. The number of nitrogens with zero attached hydrogens (tertiary/aromatic N) is 1. The van der Waals surface area contributed by atoms with Gasteiger partial charge < -0.3 is 20.9 Å². The number of aliphatic hydroxyl groups excluding tert-OH is 1. The van der Waals surface area contributed by atoms with Crippen LogP contribution in [0, 0.1) is 0 Å². The average molecular weight is 446 g/mol. The van der Waals surface area contributed by atoms with E-state index in [-0.39, 0.29) is 13.0 Å². The predicted molar refractivity (Wildman–Crippen MR) is 102 cm³/mol. The number of amides is 2. The molecule has 0 spiro atoms. The molecule has 0 fully saturated rings. The van der Waals surface area contributed by atoms with E-state index < -0.39 is 52.0 Å². The summed E-state index contributed by atoms with van der Waals surface area (Å²) in [6.07, 6.45) is -5.05. The van der Waals surface area contributed by atoms with E-state index in [4.69, 9.17) is 22.1 Å². The molecule has 0 radical (unpaired) electrons. The topological polar surface area (TPSA) is 115 Å². The molecule has 7 nitrogen and oxygen atoms in total. The molecule has 2 atom stereocenters. The van der Waals surface area contributed by atoms with Crippen LogP contribution in [-0.4, -0.2) is 34.1 Å². The summed E-state index contributed by atoms with van der Waals surface area (Å²) in [5, 5.41) is 11.1. The number of halogens is 4. The van der Waals surface area contributed by atoms with Crippen LogP contribution in [0.25, 0.3) is 0 Å². The number of pyridine rings is 1. The van der Waals surface area contributed by atoms with Gasteiger partial charge in [-0.2, -0.15) is 13.2 Å². The van der Waals surface area contributed by atoms with Crippen molar-refractivity contribution in [3.63, 3.8) is 0 Å². The third-order valence-corrected chi connectivity index (χ3v) is 4.56. The highest BCUT2D eigenvalue weighted by Crippen LogP contribution is 2.42. The van der Waals surface area contributed by atoms with E-state index >= 15 is 0 Å². The van der Waals surface area contributed by atoms with E-state index in [1.54, 1.807) is 25.1 Å². The molecule has 0 aliphatic carbocycles. The quantitative estimate of drug-likeness (QED) is 0.578. The normalized spacial score (nSPS) is 13.4. The fourth-order valence-electron chi connectivity index (χ4n) is 2.60.